The Kier molecular flexibility index (Phi) is 4.27. The van der Waals surface area contributed by atoms with Gasteiger partial charge in [0, 0.05) is 43.0 Å². The van der Waals surface area contributed by atoms with Gasteiger partial charge >= 0.3 is 0 Å². The first kappa shape index (κ1) is 18.4. The lowest BCUT2D eigenvalue weighted by molar-refractivity contribution is 0.0873. The molecular weight excluding hydrogens is 364 g/mol. The van der Waals surface area contributed by atoms with Crippen LogP contribution in [0.25, 0.3) is 0 Å². The van der Waals surface area contributed by atoms with Gasteiger partial charge in [-0.1, -0.05) is 0 Å². The summed E-state index contributed by atoms with van der Waals surface area (Å²) in [4.78, 5) is 11.0. The van der Waals surface area contributed by atoms with E-state index in [9.17, 15) is 8.42 Å². The molecule has 0 amide bonds. The van der Waals surface area contributed by atoms with E-state index < -0.39 is 10.0 Å². The number of aromatic nitrogens is 4. The van der Waals surface area contributed by atoms with Crippen LogP contribution < -0.4 is 4.90 Å². The lowest BCUT2D eigenvalue weighted by Crippen LogP contribution is -2.70. The minimum absolute atomic E-state index is 0.0229. The van der Waals surface area contributed by atoms with Crippen molar-refractivity contribution < 1.29 is 8.42 Å². The SMILES string of the molecule is Cc1cc(N2CC3CC(C2)N3S(=O)(=O)c2c(C)nn(C(C)C)c2C)ncn1. The largest absolute Gasteiger partial charge is 0.353 e. The van der Waals surface area contributed by atoms with E-state index in [0.29, 0.717) is 23.7 Å². The summed E-state index contributed by atoms with van der Waals surface area (Å²) in [6.45, 7) is 10.9. The van der Waals surface area contributed by atoms with E-state index in [0.717, 1.165) is 23.6 Å². The third-order valence-corrected chi connectivity index (χ3v) is 7.78. The molecule has 5 rings (SSSR count). The zero-order chi connectivity index (χ0) is 19.5. The Labute approximate surface area is 160 Å². The van der Waals surface area contributed by atoms with Gasteiger partial charge in [-0.05, 0) is 41.0 Å². The molecule has 0 saturated carbocycles. The van der Waals surface area contributed by atoms with E-state index in [1.807, 2.05) is 33.8 Å². The van der Waals surface area contributed by atoms with Gasteiger partial charge in [-0.3, -0.25) is 4.68 Å². The zero-order valence-electron chi connectivity index (χ0n) is 16.4. The Balaban J connectivity index is 1.61. The minimum Gasteiger partial charge on any atom is -0.353 e. The number of piperidine rings is 1. The third kappa shape index (κ3) is 2.84. The second-order valence-electron chi connectivity index (χ2n) is 7.84. The third-order valence-electron chi connectivity index (χ3n) is 5.52. The second kappa shape index (κ2) is 6.27. The van der Waals surface area contributed by atoms with E-state index in [2.05, 4.69) is 20.0 Å². The summed E-state index contributed by atoms with van der Waals surface area (Å²) < 4.78 is 30.4. The fraction of sp³-hybridized carbons (Fsp3) is 0.611. The fourth-order valence-electron chi connectivity index (χ4n) is 4.40. The van der Waals surface area contributed by atoms with Crippen molar-refractivity contribution >= 4 is 15.8 Å². The van der Waals surface area contributed by atoms with Crippen molar-refractivity contribution in [2.75, 3.05) is 18.0 Å². The molecule has 8 nitrogen and oxygen atoms in total. The van der Waals surface area contributed by atoms with Gasteiger partial charge in [-0.25, -0.2) is 18.4 Å². The molecule has 0 aromatic carbocycles. The normalized spacial score (nSPS) is 23.0. The van der Waals surface area contributed by atoms with Crippen LogP contribution in [0, 0.1) is 20.8 Å². The number of aryl methyl sites for hydroxylation is 2. The quantitative estimate of drug-likeness (QED) is 0.792. The monoisotopic (exact) mass is 390 g/mol. The topological polar surface area (TPSA) is 84.2 Å². The molecule has 3 fully saturated rings. The summed E-state index contributed by atoms with van der Waals surface area (Å²) in [6, 6.07) is 2.03. The average Bonchev–Trinajstić information content (AvgIpc) is 2.90. The number of rotatable bonds is 4. The van der Waals surface area contributed by atoms with E-state index in [-0.39, 0.29) is 18.1 Å². The maximum Gasteiger partial charge on any atom is 0.247 e. The van der Waals surface area contributed by atoms with Crippen LogP contribution in [-0.2, 0) is 10.0 Å². The van der Waals surface area contributed by atoms with Gasteiger partial charge in [0.2, 0.25) is 10.0 Å². The highest BCUT2D eigenvalue weighted by molar-refractivity contribution is 7.89. The van der Waals surface area contributed by atoms with Gasteiger partial charge in [0.15, 0.2) is 0 Å². The van der Waals surface area contributed by atoms with Crippen molar-refractivity contribution in [1.82, 2.24) is 24.1 Å². The van der Waals surface area contributed by atoms with Gasteiger partial charge < -0.3 is 4.90 Å². The summed E-state index contributed by atoms with van der Waals surface area (Å²) in [5.74, 6) is 0.870. The molecule has 3 aliphatic rings. The van der Waals surface area contributed by atoms with Crippen LogP contribution in [0.4, 0.5) is 5.82 Å². The Bertz CT molecular complexity index is 972. The van der Waals surface area contributed by atoms with Crippen LogP contribution in [0.1, 0.15) is 43.4 Å². The number of anilines is 1. The van der Waals surface area contributed by atoms with Gasteiger partial charge in [0.1, 0.15) is 17.0 Å². The highest BCUT2D eigenvalue weighted by atomic mass is 32.2. The van der Waals surface area contributed by atoms with Crippen LogP contribution in [-0.4, -0.2) is 57.6 Å². The maximum absolute atomic E-state index is 13.4. The van der Waals surface area contributed by atoms with Crippen LogP contribution in [0.2, 0.25) is 0 Å². The van der Waals surface area contributed by atoms with Crippen LogP contribution in [0.15, 0.2) is 17.3 Å². The molecule has 0 aliphatic carbocycles. The molecule has 2 bridgehead atoms. The molecule has 0 spiro atoms. The summed E-state index contributed by atoms with van der Waals surface area (Å²) in [5, 5.41) is 4.47. The number of piperazine rings is 1. The van der Waals surface area contributed by atoms with Crippen molar-refractivity contribution in [1.29, 1.82) is 0 Å². The van der Waals surface area contributed by atoms with Crippen molar-refractivity contribution in [2.24, 2.45) is 0 Å². The lowest BCUT2D eigenvalue weighted by atomic mass is 9.91. The Morgan fingerprint density at radius 2 is 1.78 bits per heavy atom. The predicted molar refractivity (Wildman–Crippen MR) is 102 cm³/mol. The smallest absolute Gasteiger partial charge is 0.247 e. The van der Waals surface area contributed by atoms with Crippen molar-refractivity contribution in [3.8, 4) is 0 Å². The summed E-state index contributed by atoms with van der Waals surface area (Å²) in [5.41, 5.74) is 2.21. The number of sulfonamides is 1. The highest BCUT2D eigenvalue weighted by Gasteiger charge is 2.52. The molecule has 3 aliphatic heterocycles. The first-order valence-electron chi connectivity index (χ1n) is 9.33. The molecule has 0 radical (unpaired) electrons. The first-order chi connectivity index (χ1) is 12.7. The van der Waals surface area contributed by atoms with Crippen LogP contribution >= 0.6 is 0 Å². The molecule has 2 atom stereocenters. The second-order valence-corrected chi connectivity index (χ2v) is 9.62. The molecule has 0 N–H and O–H groups in total. The Hall–Kier alpha value is -2.00. The molecule has 3 saturated heterocycles. The molecule has 5 heterocycles. The van der Waals surface area contributed by atoms with E-state index in [4.69, 9.17) is 0 Å². The van der Waals surface area contributed by atoms with E-state index in [1.54, 1.807) is 22.2 Å². The molecule has 2 unspecified atom stereocenters. The summed E-state index contributed by atoms with van der Waals surface area (Å²) in [6.07, 6.45) is 2.46. The first-order valence-corrected chi connectivity index (χ1v) is 10.8. The number of hydrogen-bond donors (Lipinski definition) is 0. The summed E-state index contributed by atoms with van der Waals surface area (Å²) in [7, 11) is -3.56. The van der Waals surface area contributed by atoms with Crippen molar-refractivity contribution in [3.63, 3.8) is 0 Å². The van der Waals surface area contributed by atoms with Gasteiger partial charge in [0.05, 0.1) is 11.4 Å². The predicted octanol–water partition coefficient (Wildman–Crippen LogP) is 1.83. The van der Waals surface area contributed by atoms with E-state index >= 15 is 0 Å². The molecule has 2 aromatic heterocycles. The van der Waals surface area contributed by atoms with Crippen molar-refractivity contribution in [2.45, 2.75) is 64.1 Å². The molecular formula is C18H26N6O2S. The standard InChI is InChI=1S/C18H26N6O2S/c1-11(2)23-14(5)18(13(4)21-23)27(25,26)24-15-7-16(24)9-22(8-15)17-6-12(3)19-10-20-17/h6,10-11,15-16H,7-9H2,1-5H3. The number of nitrogens with zero attached hydrogens (tertiary/aromatic N) is 6. The zero-order valence-corrected chi connectivity index (χ0v) is 17.2. The van der Waals surface area contributed by atoms with E-state index in [1.165, 1.54) is 0 Å². The molecule has 146 valence electrons. The maximum atomic E-state index is 13.4. The fourth-order valence-corrected chi connectivity index (χ4v) is 6.58. The average molecular weight is 391 g/mol. The number of hydrogen-bond acceptors (Lipinski definition) is 6. The molecule has 9 heteroatoms. The lowest BCUT2D eigenvalue weighted by Gasteiger charge is -2.55. The number of fused-ring (bicyclic) bond motifs is 2. The van der Waals surface area contributed by atoms with Gasteiger partial charge in [-0.15, -0.1) is 0 Å². The highest BCUT2D eigenvalue weighted by Crippen LogP contribution is 2.40. The van der Waals surface area contributed by atoms with Crippen molar-refractivity contribution in [3.05, 3.63) is 29.5 Å². The van der Waals surface area contributed by atoms with Gasteiger partial charge in [-0.2, -0.15) is 9.40 Å². The van der Waals surface area contributed by atoms with Gasteiger partial charge in [0.25, 0.3) is 0 Å². The summed E-state index contributed by atoms with van der Waals surface area (Å²) >= 11 is 0. The van der Waals surface area contributed by atoms with Crippen LogP contribution in [0.3, 0.4) is 0 Å². The Morgan fingerprint density at radius 1 is 1.11 bits per heavy atom. The molecule has 2 aromatic rings. The Morgan fingerprint density at radius 3 is 2.33 bits per heavy atom. The van der Waals surface area contributed by atoms with Crippen LogP contribution in [0.5, 0.6) is 0 Å². The molecule has 27 heavy (non-hydrogen) atoms. The minimum atomic E-state index is -3.56.